The highest BCUT2D eigenvalue weighted by Gasteiger charge is 2.32. The van der Waals surface area contributed by atoms with Crippen molar-refractivity contribution < 1.29 is 14.1 Å². The van der Waals surface area contributed by atoms with Crippen molar-refractivity contribution in [1.29, 1.82) is 0 Å². The van der Waals surface area contributed by atoms with Crippen LogP contribution >= 0.6 is 0 Å². The molecule has 0 N–H and O–H groups in total. The number of amides is 2. The van der Waals surface area contributed by atoms with Crippen LogP contribution in [0, 0.1) is 0 Å². The summed E-state index contributed by atoms with van der Waals surface area (Å²) in [7, 11) is 3.34. The minimum absolute atomic E-state index is 0.00000189. The van der Waals surface area contributed by atoms with Gasteiger partial charge in [-0.25, -0.2) is 4.98 Å². The molecule has 3 rings (SSSR count). The van der Waals surface area contributed by atoms with E-state index in [0.717, 1.165) is 5.82 Å². The number of imidazole rings is 1. The molecule has 0 aromatic carbocycles. The lowest BCUT2D eigenvalue weighted by molar-refractivity contribution is -0.135. The Bertz CT molecular complexity index is 821. The number of nitrogens with zero attached hydrogens (tertiary/aromatic N) is 5. The summed E-state index contributed by atoms with van der Waals surface area (Å²) in [5.41, 5.74) is 1.01. The molecule has 0 unspecified atom stereocenters. The highest BCUT2D eigenvalue weighted by atomic mass is 16.5. The molecule has 8 nitrogen and oxygen atoms in total. The third-order valence-corrected chi connectivity index (χ3v) is 4.74. The van der Waals surface area contributed by atoms with Crippen LogP contribution in [0.1, 0.15) is 60.4 Å². The van der Waals surface area contributed by atoms with Gasteiger partial charge >= 0.3 is 0 Å². The first kappa shape index (κ1) is 18.2. The zero-order valence-corrected chi connectivity index (χ0v) is 15.9. The fraction of sp³-hybridized carbons (Fsp3) is 0.556. The van der Waals surface area contributed by atoms with E-state index < -0.39 is 0 Å². The lowest BCUT2D eigenvalue weighted by atomic mass is 10.0. The van der Waals surface area contributed by atoms with Gasteiger partial charge in [0.2, 0.25) is 5.91 Å². The zero-order chi connectivity index (χ0) is 19.0. The minimum Gasteiger partial charge on any atom is -0.360 e. The molecule has 26 heavy (non-hydrogen) atoms. The predicted octanol–water partition coefficient (Wildman–Crippen LogP) is 1.84. The van der Waals surface area contributed by atoms with Crippen molar-refractivity contribution in [1.82, 2.24) is 24.5 Å². The highest BCUT2D eigenvalue weighted by molar-refractivity contribution is 5.93. The lowest BCUT2D eigenvalue weighted by Gasteiger charge is -2.30. The fourth-order valence-corrected chi connectivity index (χ4v) is 3.26. The molecule has 0 aliphatic carbocycles. The topological polar surface area (TPSA) is 84.5 Å². The van der Waals surface area contributed by atoms with Gasteiger partial charge in [-0.05, 0) is 6.92 Å². The van der Waals surface area contributed by atoms with Gasteiger partial charge < -0.3 is 18.9 Å². The molecule has 3 heterocycles. The maximum absolute atomic E-state index is 13.0. The van der Waals surface area contributed by atoms with Gasteiger partial charge in [0.25, 0.3) is 5.91 Å². The summed E-state index contributed by atoms with van der Waals surface area (Å²) < 4.78 is 7.24. The van der Waals surface area contributed by atoms with E-state index >= 15 is 0 Å². The molecule has 0 saturated heterocycles. The van der Waals surface area contributed by atoms with Gasteiger partial charge in [0.1, 0.15) is 17.6 Å². The lowest BCUT2D eigenvalue weighted by Crippen LogP contribution is -2.40. The Kier molecular flexibility index (Phi) is 4.84. The normalized spacial score (nSPS) is 15.1. The number of carbonyl (C=O) groups excluding carboxylic acids is 2. The largest absolute Gasteiger partial charge is 0.360 e. The van der Waals surface area contributed by atoms with Gasteiger partial charge in [-0.3, -0.25) is 9.59 Å². The highest BCUT2D eigenvalue weighted by Crippen LogP contribution is 2.26. The molecule has 1 atom stereocenters. The quantitative estimate of drug-likeness (QED) is 0.832. The van der Waals surface area contributed by atoms with Crippen molar-refractivity contribution in [2.45, 2.75) is 45.7 Å². The van der Waals surface area contributed by atoms with Crippen molar-refractivity contribution >= 4 is 11.8 Å². The second kappa shape index (κ2) is 6.93. The molecule has 0 saturated carbocycles. The van der Waals surface area contributed by atoms with E-state index in [0.29, 0.717) is 36.5 Å². The molecule has 2 amide bonds. The molecule has 140 valence electrons. The second-order valence-corrected chi connectivity index (χ2v) is 7.17. The number of rotatable bonds is 4. The number of carbonyl (C=O) groups is 2. The summed E-state index contributed by atoms with van der Waals surface area (Å²) >= 11 is 0. The van der Waals surface area contributed by atoms with E-state index in [1.165, 1.54) is 4.90 Å². The third kappa shape index (κ3) is 3.11. The molecule has 2 aromatic rings. The third-order valence-electron chi connectivity index (χ3n) is 4.74. The Hall–Kier alpha value is -2.64. The van der Waals surface area contributed by atoms with Gasteiger partial charge in [-0.1, -0.05) is 19.0 Å². The molecular formula is C18H25N5O3. The van der Waals surface area contributed by atoms with E-state index in [4.69, 9.17) is 4.52 Å². The van der Waals surface area contributed by atoms with Crippen molar-refractivity contribution in [3.63, 3.8) is 0 Å². The van der Waals surface area contributed by atoms with E-state index in [9.17, 15) is 9.59 Å². The summed E-state index contributed by atoms with van der Waals surface area (Å²) in [4.78, 5) is 32.9. The molecule has 0 fully saturated rings. The molecule has 2 aromatic heterocycles. The van der Waals surface area contributed by atoms with Crippen LogP contribution in [0.25, 0.3) is 0 Å². The van der Waals surface area contributed by atoms with Gasteiger partial charge in [-0.2, -0.15) is 0 Å². The first-order valence-corrected chi connectivity index (χ1v) is 8.81. The SMILES string of the molecule is CC(C)c1nccn1[C@H](C)C(=O)N1CCc2onc(C(=O)N(C)C)c2C1. The Morgan fingerprint density at radius 1 is 1.27 bits per heavy atom. The van der Waals surface area contributed by atoms with Gasteiger partial charge in [0.05, 0.1) is 6.54 Å². The smallest absolute Gasteiger partial charge is 0.275 e. The van der Waals surface area contributed by atoms with Crippen LogP contribution in [0.3, 0.4) is 0 Å². The molecular weight excluding hydrogens is 334 g/mol. The second-order valence-electron chi connectivity index (χ2n) is 7.17. The van der Waals surface area contributed by atoms with Crippen molar-refractivity contribution in [2.24, 2.45) is 0 Å². The van der Waals surface area contributed by atoms with Crippen LogP contribution < -0.4 is 0 Å². The summed E-state index contributed by atoms with van der Waals surface area (Å²) in [6, 6.07) is -0.357. The van der Waals surface area contributed by atoms with Crippen LogP contribution in [0.15, 0.2) is 16.9 Å². The number of aromatic nitrogens is 3. The Labute approximate surface area is 152 Å². The van der Waals surface area contributed by atoms with Crippen molar-refractivity contribution in [3.8, 4) is 0 Å². The first-order valence-electron chi connectivity index (χ1n) is 8.81. The van der Waals surface area contributed by atoms with E-state index in [-0.39, 0.29) is 23.8 Å². The predicted molar refractivity (Wildman–Crippen MR) is 94.7 cm³/mol. The maximum Gasteiger partial charge on any atom is 0.275 e. The average molecular weight is 359 g/mol. The molecule has 8 heteroatoms. The summed E-state index contributed by atoms with van der Waals surface area (Å²) in [5, 5.41) is 3.93. The van der Waals surface area contributed by atoms with Crippen molar-refractivity contribution in [3.05, 3.63) is 35.2 Å². The standard InChI is InChI=1S/C18H25N5O3/c1-11(2)16-19-7-9-23(16)12(3)17(24)22-8-6-14-13(10-22)15(20-26-14)18(25)21(4)5/h7,9,11-12H,6,8,10H2,1-5H3/t12-/m1/s1. The molecule has 0 radical (unpaired) electrons. The van der Waals surface area contributed by atoms with Crippen LogP contribution in [0.5, 0.6) is 0 Å². The summed E-state index contributed by atoms with van der Waals surface area (Å²) in [6.45, 7) is 6.87. The Morgan fingerprint density at radius 3 is 2.65 bits per heavy atom. The molecule has 1 aliphatic rings. The number of hydrogen-bond acceptors (Lipinski definition) is 5. The number of fused-ring (bicyclic) bond motifs is 1. The van der Waals surface area contributed by atoms with E-state index in [1.54, 1.807) is 25.2 Å². The maximum atomic E-state index is 13.0. The summed E-state index contributed by atoms with van der Waals surface area (Å²) in [6.07, 6.45) is 4.12. The summed E-state index contributed by atoms with van der Waals surface area (Å²) in [5.74, 6) is 1.60. The zero-order valence-electron chi connectivity index (χ0n) is 15.9. The molecule has 0 spiro atoms. The minimum atomic E-state index is -0.357. The number of hydrogen-bond donors (Lipinski definition) is 0. The van der Waals surface area contributed by atoms with Crippen LogP contribution in [0.2, 0.25) is 0 Å². The Morgan fingerprint density at radius 2 is 2.00 bits per heavy atom. The van der Waals surface area contributed by atoms with Gasteiger partial charge in [-0.15, -0.1) is 0 Å². The first-order chi connectivity index (χ1) is 12.3. The monoisotopic (exact) mass is 359 g/mol. The van der Waals surface area contributed by atoms with Gasteiger partial charge in [0, 0.05) is 50.9 Å². The van der Waals surface area contributed by atoms with Crippen molar-refractivity contribution in [2.75, 3.05) is 20.6 Å². The van der Waals surface area contributed by atoms with Crippen LogP contribution in [-0.2, 0) is 17.8 Å². The Balaban J connectivity index is 1.82. The average Bonchev–Trinajstić information content (AvgIpc) is 3.26. The van der Waals surface area contributed by atoms with E-state index in [1.807, 2.05) is 17.7 Å². The van der Waals surface area contributed by atoms with Crippen LogP contribution in [0.4, 0.5) is 0 Å². The van der Waals surface area contributed by atoms with Crippen LogP contribution in [-0.4, -0.2) is 57.0 Å². The fourth-order valence-electron chi connectivity index (χ4n) is 3.26. The molecule has 0 bridgehead atoms. The van der Waals surface area contributed by atoms with E-state index in [2.05, 4.69) is 24.0 Å². The molecule has 1 aliphatic heterocycles. The van der Waals surface area contributed by atoms with Gasteiger partial charge in [0.15, 0.2) is 5.69 Å².